The van der Waals surface area contributed by atoms with Gasteiger partial charge in [-0.1, -0.05) is 0 Å². The summed E-state index contributed by atoms with van der Waals surface area (Å²) in [5.41, 5.74) is 0.501. The second kappa shape index (κ2) is 4.32. The zero-order chi connectivity index (χ0) is 10.5. The monoisotopic (exact) mass is 204 g/mol. The first-order valence-electron chi connectivity index (χ1n) is 4.28. The lowest BCUT2D eigenvalue weighted by Crippen LogP contribution is -1.94. The molecule has 0 aliphatic heterocycles. The fourth-order valence-electron chi connectivity index (χ4n) is 1.05. The molecule has 0 amide bonds. The topological polar surface area (TPSA) is 56.5 Å². The highest BCUT2D eigenvalue weighted by atomic mass is 16.4. The van der Waals surface area contributed by atoms with E-state index in [1.54, 1.807) is 6.07 Å². The molecule has 0 bridgehead atoms. The summed E-state index contributed by atoms with van der Waals surface area (Å²) >= 11 is 0. The lowest BCUT2D eigenvalue weighted by atomic mass is 10.2. The molecule has 76 valence electrons. The van der Waals surface area contributed by atoms with E-state index in [-0.39, 0.29) is 5.43 Å². The van der Waals surface area contributed by atoms with Crippen molar-refractivity contribution >= 4 is 0 Å². The Morgan fingerprint density at radius 1 is 0.933 bits per heavy atom. The molecule has 2 rings (SSSR count). The molecule has 0 aromatic carbocycles. The molecule has 0 saturated carbocycles. The Balaban J connectivity index is 2.55. The van der Waals surface area contributed by atoms with Crippen LogP contribution in [0.15, 0.2) is 67.6 Å². The summed E-state index contributed by atoms with van der Waals surface area (Å²) in [7, 11) is 0. The largest absolute Gasteiger partial charge is 0.469 e. The van der Waals surface area contributed by atoms with E-state index in [9.17, 15) is 4.79 Å². The second-order valence-corrected chi connectivity index (χ2v) is 2.75. The number of rotatable bonds is 1. The minimum absolute atomic E-state index is 0.121. The minimum Gasteiger partial charge on any atom is -0.469 e. The fourth-order valence-corrected chi connectivity index (χ4v) is 1.05. The smallest absolute Gasteiger partial charge is 0.185 e. The molecule has 0 aliphatic carbocycles. The Hall–Kier alpha value is -2.23. The van der Waals surface area contributed by atoms with Gasteiger partial charge in [-0.15, -0.1) is 0 Å². The molecule has 0 fully saturated rings. The SMILES string of the molecule is O=c1ccoc(-c2ccoccoc2)c1. The van der Waals surface area contributed by atoms with Crippen molar-refractivity contribution in [3.63, 3.8) is 0 Å². The van der Waals surface area contributed by atoms with Crippen LogP contribution in [0.5, 0.6) is 0 Å². The molecule has 2 aromatic heterocycles. The predicted molar refractivity (Wildman–Crippen MR) is 52.6 cm³/mol. The van der Waals surface area contributed by atoms with Gasteiger partial charge in [0.1, 0.15) is 24.5 Å². The van der Waals surface area contributed by atoms with E-state index in [0.29, 0.717) is 11.3 Å². The number of hydrogen-bond donors (Lipinski definition) is 0. The van der Waals surface area contributed by atoms with Gasteiger partial charge in [0.25, 0.3) is 0 Å². The summed E-state index contributed by atoms with van der Waals surface area (Å²) in [6, 6.07) is 4.36. The van der Waals surface area contributed by atoms with Gasteiger partial charge in [0, 0.05) is 12.1 Å². The highest BCUT2D eigenvalue weighted by molar-refractivity contribution is 5.53. The summed E-state index contributed by atoms with van der Waals surface area (Å²) < 4.78 is 15.1. The van der Waals surface area contributed by atoms with Crippen molar-refractivity contribution in [3.05, 3.63) is 59.7 Å². The maximum atomic E-state index is 11.1. The van der Waals surface area contributed by atoms with Crippen molar-refractivity contribution in [2.45, 2.75) is 0 Å². The maximum Gasteiger partial charge on any atom is 0.185 e. The quantitative estimate of drug-likeness (QED) is 0.716. The molecular formula is C11H8O4. The molecule has 0 N–H and O–H groups in total. The van der Waals surface area contributed by atoms with E-state index < -0.39 is 0 Å². The van der Waals surface area contributed by atoms with Gasteiger partial charge >= 0.3 is 0 Å². The third-order valence-corrected chi connectivity index (χ3v) is 1.72. The Morgan fingerprint density at radius 3 is 2.67 bits per heavy atom. The lowest BCUT2D eigenvalue weighted by Gasteiger charge is -1.95. The highest BCUT2D eigenvalue weighted by Crippen LogP contribution is 2.14. The standard InChI is InChI=1S/C11H8O4/c12-10-2-4-15-11(7-10)9-1-3-13-5-6-14-8-9/h1-8H. The van der Waals surface area contributed by atoms with Crippen LogP contribution in [0.25, 0.3) is 11.3 Å². The average molecular weight is 204 g/mol. The molecule has 2 heterocycles. The second-order valence-electron chi connectivity index (χ2n) is 2.75. The predicted octanol–water partition coefficient (Wildman–Crippen LogP) is 2.62. The van der Waals surface area contributed by atoms with Crippen LogP contribution in [0.4, 0.5) is 0 Å². The van der Waals surface area contributed by atoms with Gasteiger partial charge in [0.05, 0.1) is 18.1 Å². The highest BCUT2D eigenvalue weighted by Gasteiger charge is 1.99. The summed E-state index contributed by atoms with van der Waals surface area (Å²) in [4.78, 5) is 11.1. The van der Waals surface area contributed by atoms with Crippen molar-refractivity contribution < 1.29 is 13.3 Å². The molecule has 4 heteroatoms. The van der Waals surface area contributed by atoms with Crippen LogP contribution in [-0.2, 0) is 0 Å². The Labute approximate surface area is 85.1 Å². The molecule has 0 saturated heterocycles. The molecule has 15 heavy (non-hydrogen) atoms. The molecule has 0 aliphatic rings. The Morgan fingerprint density at radius 2 is 1.80 bits per heavy atom. The van der Waals surface area contributed by atoms with Crippen molar-refractivity contribution in [3.8, 4) is 11.3 Å². The normalized spacial score (nSPS) is 9.60. The maximum absolute atomic E-state index is 11.1. The molecule has 2 aromatic rings. The summed E-state index contributed by atoms with van der Waals surface area (Å²) in [6.07, 6.45) is 7.04. The van der Waals surface area contributed by atoms with Crippen LogP contribution >= 0.6 is 0 Å². The summed E-state index contributed by atoms with van der Waals surface area (Å²) in [5, 5.41) is 0. The van der Waals surface area contributed by atoms with Gasteiger partial charge in [-0.25, -0.2) is 0 Å². The third kappa shape index (κ3) is 2.37. The van der Waals surface area contributed by atoms with Gasteiger partial charge in [0.2, 0.25) is 0 Å². The average Bonchev–Trinajstić information content (AvgIpc) is 2.16. The first-order valence-corrected chi connectivity index (χ1v) is 4.28. The first kappa shape index (κ1) is 9.33. The van der Waals surface area contributed by atoms with Crippen LogP contribution in [0.2, 0.25) is 0 Å². The van der Waals surface area contributed by atoms with Gasteiger partial charge in [0.15, 0.2) is 5.43 Å². The number of hydrogen-bond acceptors (Lipinski definition) is 4. The van der Waals surface area contributed by atoms with E-state index >= 15 is 0 Å². The van der Waals surface area contributed by atoms with Crippen LogP contribution in [0.1, 0.15) is 0 Å². The lowest BCUT2D eigenvalue weighted by molar-refractivity contribution is 0.488. The van der Waals surface area contributed by atoms with E-state index in [4.69, 9.17) is 13.3 Å². The molecule has 0 radical (unpaired) electrons. The van der Waals surface area contributed by atoms with Crippen molar-refractivity contribution in [1.82, 2.24) is 0 Å². The molecule has 0 unspecified atom stereocenters. The summed E-state index contributed by atoms with van der Waals surface area (Å²) in [5.74, 6) is 0.428. The van der Waals surface area contributed by atoms with Crippen LogP contribution < -0.4 is 5.43 Å². The van der Waals surface area contributed by atoms with Crippen LogP contribution in [0.3, 0.4) is 0 Å². The fraction of sp³-hybridized carbons (Fsp3) is 0. The van der Waals surface area contributed by atoms with Crippen molar-refractivity contribution in [2.75, 3.05) is 0 Å². The van der Waals surface area contributed by atoms with Gasteiger partial charge in [-0.2, -0.15) is 0 Å². The first-order chi connectivity index (χ1) is 7.36. The third-order valence-electron chi connectivity index (χ3n) is 1.72. The van der Waals surface area contributed by atoms with Crippen molar-refractivity contribution in [2.24, 2.45) is 0 Å². The van der Waals surface area contributed by atoms with Gasteiger partial charge in [-0.05, 0) is 6.07 Å². The Bertz CT molecular complexity index is 511. The van der Waals surface area contributed by atoms with E-state index in [2.05, 4.69) is 0 Å². The van der Waals surface area contributed by atoms with Gasteiger partial charge < -0.3 is 13.3 Å². The Kier molecular flexibility index (Phi) is 2.69. The summed E-state index contributed by atoms with van der Waals surface area (Å²) in [6.45, 7) is 0. The van der Waals surface area contributed by atoms with Crippen molar-refractivity contribution in [1.29, 1.82) is 0 Å². The molecule has 0 spiro atoms. The molecular weight excluding hydrogens is 196 g/mol. The van der Waals surface area contributed by atoms with E-state index in [1.807, 2.05) is 0 Å². The zero-order valence-corrected chi connectivity index (χ0v) is 7.75. The van der Waals surface area contributed by atoms with E-state index in [0.717, 1.165) is 0 Å². The van der Waals surface area contributed by atoms with E-state index in [1.165, 1.54) is 43.4 Å². The molecule has 0 atom stereocenters. The van der Waals surface area contributed by atoms with Crippen LogP contribution in [0, 0.1) is 0 Å². The molecule has 4 nitrogen and oxygen atoms in total. The minimum atomic E-state index is -0.121. The van der Waals surface area contributed by atoms with Gasteiger partial charge in [-0.3, -0.25) is 4.79 Å². The van der Waals surface area contributed by atoms with Crippen LogP contribution in [-0.4, -0.2) is 0 Å². The zero-order valence-electron chi connectivity index (χ0n) is 7.75.